The van der Waals surface area contributed by atoms with Gasteiger partial charge in [0.05, 0.1) is 6.20 Å². The average Bonchev–Trinajstić information content (AvgIpc) is 3.87. The fraction of sp³-hybridized carbons (Fsp3) is 0.256. The fourth-order valence-electron chi connectivity index (χ4n) is 7.25. The molecule has 254 valence electrons. The SMILES string of the molecule is Cc1cc(N2CCCC2)cc(C)c1-c1cnn(-c2[c-]c(Oc3[c-]c4c(cc3)c3ccccc3n4-c3cc(CCC(C)C)ccn3)ccc2)c1.[Pt+2]. The van der Waals surface area contributed by atoms with Gasteiger partial charge in [-0.05, 0) is 109 Å². The Bertz CT molecular complexity index is 2270. The van der Waals surface area contributed by atoms with Gasteiger partial charge in [0.15, 0.2) is 0 Å². The molecule has 7 heteroatoms. The molecule has 0 amide bonds. The predicted molar refractivity (Wildman–Crippen MR) is 199 cm³/mol. The second-order valence-corrected chi connectivity index (χ2v) is 13.7. The minimum Gasteiger partial charge on any atom is -0.509 e. The molecule has 1 aliphatic heterocycles. The monoisotopic (exact) mass is 838 g/mol. The molecule has 0 atom stereocenters. The molecule has 50 heavy (non-hydrogen) atoms. The van der Waals surface area contributed by atoms with E-state index in [0.29, 0.717) is 17.4 Å². The standard InChI is InChI=1S/C43H41N5O.Pt/c1-29(2)14-15-32-18-19-44-42(24-32)48-40-13-6-5-12-38(40)39-17-16-37(26-41(39)48)49-36-11-9-10-34(25-36)47-28-33(27-45-47)43-30(3)22-35(23-31(43)4)46-20-7-8-21-46;/h5-6,9-13,16-19,22-24,27-29H,7-8,14-15,20-21H2,1-4H3;/q-2;+2. The summed E-state index contributed by atoms with van der Waals surface area (Å²) in [7, 11) is 0. The summed E-state index contributed by atoms with van der Waals surface area (Å²) in [4.78, 5) is 7.30. The number of benzene rings is 4. The van der Waals surface area contributed by atoms with Crippen LogP contribution in [0.5, 0.6) is 11.5 Å². The summed E-state index contributed by atoms with van der Waals surface area (Å²) in [6.07, 6.45) is 10.6. The molecule has 0 aliphatic carbocycles. The first-order valence-electron chi connectivity index (χ1n) is 17.4. The molecule has 1 aliphatic rings. The van der Waals surface area contributed by atoms with E-state index in [2.05, 4.69) is 110 Å². The van der Waals surface area contributed by atoms with Gasteiger partial charge in [0, 0.05) is 53.7 Å². The number of anilines is 1. The van der Waals surface area contributed by atoms with Crippen LogP contribution in [-0.4, -0.2) is 32.4 Å². The molecule has 0 saturated carbocycles. The zero-order valence-electron chi connectivity index (χ0n) is 29.0. The van der Waals surface area contributed by atoms with Crippen molar-refractivity contribution in [1.29, 1.82) is 0 Å². The molecule has 8 rings (SSSR count). The van der Waals surface area contributed by atoms with E-state index in [1.54, 1.807) is 0 Å². The summed E-state index contributed by atoms with van der Waals surface area (Å²) in [5, 5.41) is 7.00. The zero-order valence-corrected chi connectivity index (χ0v) is 31.3. The Hall–Kier alpha value is -4.67. The summed E-state index contributed by atoms with van der Waals surface area (Å²) in [5.41, 5.74) is 10.3. The van der Waals surface area contributed by atoms with Crippen molar-refractivity contribution in [2.24, 2.45) is 5.92 Å². The van der Waals surface area contributed by atoms with Gasteiger partial charge in [-0.1, -0.05) is 37.6 Å². The van der Waals surface area contributed by atoms with Crippen molar-refractivity contribution < 1.29 is 25.8 Å². The van der Waals surface area contributed by atoms with Crippen LogP contribution in [0.4, 0.5) is 5.69 Å². The second-order valence-electron chi connectivity index (χ2n) is 13.7. The quantitative estimate of drug-likeness (QED) is 0.136. The van der Waals surface area contributed by atoms with Gasteiger partial charge in [0.25, 0.3) is 0 Å². The van der Waals surface area contributed by atoms with Crippen LogP contribution in [0.25, 0.3) is 44.4 Å². The van der Waals surface area contributed by atoms with Gasteiger partial charge in [-0.15, -0.1) is 35.7 Å². The molecule has 0 N–H and O–H groups in total. The molecule has 6 nitrogen and oxygen atoms in total. The molecule has 0 unspecified atom stereocenters. The van der Waals surface area contributed by atoms with E-state index in [0.717, 1.165) is 64.8 Å². The number of hydrogen-bond acceptors (Lipinski definition) is 4. The van der Waals surface area contributed by atoms with Crippen LogP contribution >= 0.6 is 0 Å². The van der Waals surface area contributed by atoms with E-state index in [1.165, 1.54) is 40.8 Å². The first-order chi connectivity index (χ1) is 23.9. The van der Waals surface area contributed by atoms with Crippen molar-refractivity contribution in [3.63, 3.8) is 0 Å². The van der Waals surface area contributed by atoms with Crippen LogP contribution in [0.15, 0.2) is 97.5 Å². The third kappa shape index (κ3) is 6.62. The van der Waals surface area contributed by atoms with Crippen molar-refractivity contribution >= 4 is 27.5 Å². The molecule has 4 heterocycles. The number of ether oxygens (including phenoxy) is 1. The van der Waals surface area contributed by atoms with Crippen LogP contribution in [0.3, 0.4) is 0 Å². The van der Waals surface area contributed by atoms with Gasteiger partial charge in [-0.2, -0.15) is 17.2 Å². The van der Waals surface area contributed by atoms with E-state index < -0.39 is 0 Å². The van der Waals surface area contributed by atoms with Crippen LogP contribution in [0.1, 0.15) is 49.8 Å². The first-order valence-corrected chi connectivity index (χ1v) is 17.4. The van der Waals surface area contributed by atoms with Gasteiger partial charge in [-0.3, -0.25) is 4.68 Å². The Labute approximate surface area is 309 Å². The number of hydrogen-bond donors (Lipinski definition) is 0. The molecular formula is C43H41N5OPt. The number of aromatic nitrogens is 4. The largest absolute Gasteiger partial charge is 2.00 e. The fourth-order valence-corrected chi connectivity index (χ4v) is 7.25. The molecular weight excluding hydrogens is 798 g/mol. The predicted octanol–water partition coefficient (Wildman–Crippen LogP) is 10.2. The Kier molecular flexibility index (Phi) is 9.66. The molecule has 1 fully saturated rings. The first kappa shape index (κ1) is 33.8. The van der Waals surface area contributed by atoms with E-state index in [1.807, 2.05) is 41.3 Å². The van der Waals surface area contributed by atoms with Crippen LogP contribution in [0, 0.1) is 31.9 Å². The summed E-state index contributed by atoms with van der Waals surface area (Å²) >= 11 is 0. The third-order valence-electron chi connectivity index (χ3n) is 9.69. The van der Waals surface area contributed by atoms with E-state index >= 15 is 0 Å². The zero-order chi connectivity index (χ0) is 33.5. The topological polar surface area (TPSA) is 48.1 Å². The number of fused-ring (bicyclic) bond motifs is 3. The van der Waals surface area contributed by atoms with Crippen molar-refractivity contribution in [2.45, 2.75) is 53.4 Å². The molecule has 1 saturated heterocycles. The maximum absolute atomic E-state index is 6.43. The van der Waals surface area contributed by atoms with E-state index in [4.69, 9.17) is 14.8 Å². The van der Waals surface area contributed by atoms with Gasteiger partial charge in [-0.25, -0.2) is 4.98 Å². The van der Waals surface area contributed by atoms with Crippen LogP contribution in [0.2, 0.25) is 0 Å². The van der Waals surface area contributed by atoms with Crippen molar-refractivity contribution in [1.82, 2.24) is 19.3 Å². The summed E-state index contributed by atoms with van der Waals surface area (Å²) < 4.78 is 10.5. The minimum atomic E-state index is 0. The third-order valence-corrected chi connectivity index (χ3v) is 9.69. The van der Waals surface area contributed by atoms with Gasteiger partial charge < -0.3 is 14.2 Å². The Balaban J connectivity index is 0.00000392. The molecule has 0 bridgehead atoms. The number of rotatable bonds is 9. The Morgan fingerprint density at radius 2 is 1.62 bits per heavy atom. The van der Waals surface area contributed by atoms with Crippen molar-refractivity contribution in [3.8, 4) is 34.1 Å². The maximum atomic E-state index is 6.43. The van der Waals surface area contributed by atoms with Crippen molar-refractivity contribution in [2.75, 3.05) is 18.0 Å². The van der Waals surface area contributed by atoms with Gasteiger partial charge in [0.1, 0.15) is 5.82 Å². The number of nitrogens with zero attached hydrogens (tertiary/aromatic N) is 5. The number of aryl methyl sites for hydroxylation is 3. The molecule has 0 spiro atoms. The normalized spacial score (nSPS) is 13.0. The Morgan fingerprint density at radius 3 is 2.42 bits per heavy atom. The second kappa shape index (κ2) is 14.3. The molecule has 3 aromatic heterocycles. The van der Waals surface area contributed by atoms with Crippen LogP contribution < -0.4 is 9.64 Å². The van der Waals surface area contributed by atoms with Crippen molar-refractivity contribution in [3.05, 3.63) is 126 Å². The molecule has 4 aromatic carbocycles. The van der Waals surface area contributed by atoms with Gasteiger partial charge in [0.2, 0.25) is 0 Å². The van der Waals surface area contributed by atoms with E-state index in [9.17, 15) is 0 Å². The summed E-state index contributed by atoms with van der Waals surface area (Å²) in [6.45, 7) is 11.2. The molecule has 0 radical (unpaired) electrons. The number of para-hydroxylation sites is 1. The Morgan fingerprint density at radius 1 is 0.840 bits per heavy atom. The minimum absolute atomic E-state index is 0. The smallest absolute Gasteiger partial charge is 0.509 e. The summed E-state index contributed by atoms with van der Waals surface area (Å²) in [5.74, 6) is 2.75. The average molecular weight is 839 g/mol. The molecule has 7 aromatic rings. The number of pyridine rings is 1. The van der Waals surface area contributed by atoms with Crippen LogP contribution in [-0.2, 0) is 27.5 Å². The van der Waals surface area contributed by atoms with Gasteiger partial charge >= 0.3 is 21.1 Å². The summed E-state index contributed by atoms with van der Waals surface area (Å²) in [6, 6.07) is 34.4. The maximum Gasteiger partial charge on any atom is 2.00 e. The van der Waals surface area contributed by atoms with E-state index in [-0.39, 0.29) is 21.1 Å².